The van der Waals surface area contributed by atoms with Gasteiger partial charge in [0.1, 0.15) is 5.69 Å². The fourth-order valence-electron chi connectivity index (χ4n) is 3.36. The van der Waals surface area contributed by atoms with E-state index >= 15 is 0 Å². The van der Waals surface area contributed by atoms with Crippen LogP contribution in [-0.4, -0.2) is 63.5 Å². The molecule has 3 rings (SSSR count). The number of sulfone groups is 1. The molecule has 10 nitrogen and oxygen atoms in total. The molecule has 0 saturated carbocycles. The second-order valence-corrected chi connectivity index (χ2v) is 8.95. The molecule has 166 valence electrons. The summed E-state index contributed by atoms with van der Waals surface area (Å²) in [5.74, 6) is -0.896. The van der Waals surface area contributed by atoms with Crippen LogP contribution in [0.15, 0.2) is 52.3 Å². The summed E-state index contributed by atoms with van der Waals surface area (Å²) in [6, 6.07) is 9.14. The minimum absolute atomic E-state index is 0.171. The number of nitro benzene ring substituents is 1. The molecule has 0 radical (unpaired) electrons. The number of nitro groups is 1. The predicted octanol–water partition coefficient (Wildman–Crippen LogP) is 1.66. The molecule has 0 spiro atoms. The fourth-order valence-corrected chi connectivity index (χ4v) is 4.84. The molecule has 1 aliphatic heterocycles. The van der Waals surface area contributed by atoms with Gasteiger partial charge in [0, 0.05) is 25.7 Å². The summed E-state index contributed by atoms with van der Waals surface area (Å²) < 4.78 is 31.3. The maximum absolute atomic E-state index is 13.0. The lowest BCUT2D eigenvalue weighted by molar-refractivity contribution is -0.384. The molecule has 11 heteroatoms. The van der Waals surface area contributed by atoms with Gasteiger partial charge in [-0.25, -0.2) is 8.42 Å². The summed E-state index contributed by atoms with van der Waals surface area (Å²) in [5.41, 5.74) is 4.98. The number of carbonyl (C=O) groups excluding carboxylic acids is 1. The molecular formula is C20H24N4O6S. The lowest BCUT2D eigenvalue weighted by atomic mass is 10.2. The van der Waals surface area contributed by atoms with Crippen LogP contribution in [0.2, 0.25) is 0 Å². The van der Waals surface area contributed by atoms with E-state index in [1.54, 1.807) is 0 Å². The number of amides is 1. The molecule has 3 N–H and O–H groups in total. The van der Waals surface area contributed by atoms with E-state index in [-0.39, 0.29) is 26.7 Å². The zero-order valence-electron chi connectivity index (χ0n) is 16.8. The van der Waals surface area contributed by atoms with Crippen LogP contribution in [0.1, 0.15) is 16.8 Å². The van der Waals surface area contributed by atoms with E-state index in [1.807, 2.05) is 0 Å². The lowest BCUT2D eigenvalue weighted by Crippen LogP contribution is -2.37. The first-order valence-corrected chi connectivity index (χ1v) is 11.3. The van der Waals surface area contributed by atoms with Gasteiger partial charge in [-0.1, -0.05) is 12.1 Å². The van der Waals surface area contributed by atoms with Crippen LogP contribution in [0.25, 0.3) is 0 Å². The summed E-state index contributed by atoms with van der Waals surface area (Å²) >= 11 is 0. The molecule has 0 unspecified atom stereocenters. The monoisotopic (exact) mass is 448 g/mol. The van der Waals surface area contributed by atoms with E-state index in [0.717, 1.165) is 32.1 Å². The Kier molecular flexibility index (Phi) is 7.21. The van der Waals surface area contributed by atoms with Gasteiger partial charge in [0.2, 0.25) is 15.7 Å². The number of ether oxygens (including phenoxy) is 1. The van der Waals surface area contributed by atoms with Crippen molar-refractivity contribution in [1.82, 2.24) is 4.90 Å². The summed E-state index contributed by atoms with van der Waals surface area (Å²) in [6.45, 7) is 4.45. The summed E-state index contributed by atoms with van der Waals surface area (Å²) in [4.78, 5) is 24.2. The molecule has 1 heterocycles. The van der Waals surface area contributed by atoms with Crippen molar-refractivity contribution in [1.29, 1.82) is 0 Å². The number of rotatable bonds is 9. The lowest BCUT2D eigenvalue weighted by Gasteiger charge is -2.26. The van der Waals surface area contributed by atoms with E-state index in [0.29, 0.717) is 19.8 Å². The Labute approximate surface area is 180 Å². The molecule has 1 amide bonds. The Morgan fingerprint density at radius 1 is 1.19 bits per heavy atom. The van der Waals surface area contributed by atoms with E-state index in [2.05, 4.69) is 10.2 Å². The molecule has 0 atom stereocenters. The molecule has 0 aromatic heterocycles. The zero-order valence-corrected chi connectivity index (χ0v) is 17.6. The van der Waals surface area contributed by atoms with Gasteiger partial charge in [0.05, 0.1) is 33.5 Å². The maximum Gasteiger partial charge on any atom is 0.293 e. The normalized spacial score (nSPS) is 14.8. The number of morpholine rings is 1. The Morgan fingerprint density at radius 3 is 2.58 bits per heavy atom. The first-order valence-electron chi connectivity index (χ1n) is 9.77. The third-order valence-electron chi connectivity index (χ3n) is 4.99. The van der Waals surface area contributed by atoms with Crippen LogP contribution in [0.4, 0.5) is 11.4 Å². The molecule has 2 aromatic carbocycles. The van der Waals surface area contributed by atoms with Crippen molar-refractivity contribution in [2.75, 3.05) is 44.7 Å². The van der Waals surface area contributed by atoms with Crippen molar-refractivity contribution >= 4 is 27.1 Å². The highest BCUT2D eigenvalue weighted by atomic mass is 32.2. The number of anilines is 1. The molecule has 1 fully saturated rings. The Morgan fingerprint density at radius 2 is 1.90 bits per heavy atom. The number of benzene rings is 2. The van der Waals surface area contributed by atoms with Gasteiger partial charge in [-0.3, -0.25) is 19.8 Å². The van der Waals surface area contributed by atoms with Gasteiger partial charge in [-0.2, -0.15) is 0 Å². The van der Waals surface area contributed by atoms with Gasteiger partial charge in [-0.05, 0) is 37.2 Å². The second kappa shape index (κ2) is 9.86. The van der Waals surface area contributed by atoms with Crippen molar-refractivity contribution < 1.29 is 22.9 Å². The van der Waals surface area contributed by atoms with Gasteiger partial charge in [-0.15, -0.1) is 0 Å². The van der Waals surface area contributed by atoms with Crippen molar-refractivity contribution in [3.63, 3.8) is 0 Å². The minimum Gasteiger partial charge on any atom is -0.379 e. The highest BCUT2D eigenvalue weighted by molar-refractivity contribution is 7.91. The molecule has 1 aliphatic rings. The van der Waals surface area contributed by atoms with Crippen LogP contribution < -0.4 is 11.1 Å². The van der Waals surface area contributed by atoms with E-state index < -0.39 is 20.7 Å². The highest BCUT2D eigenvalue weighted by Gasteiger charge is 2.26. The zero-order chi connectivity index (χ0) is 22.4. The van der Waals surface area contributed by atoms with E-state index in [4.69, 9.17) is 10.5 Å². The quantitative estimate of drug-likeness (QED) is 0.335. The minimum atomic E-state index is -4.18. The van der Waals surface area contributed by atoms with Gasteiger partial charge in [0.15, 0.2) is 0 Å². The number of nitrogens with zero attached hydrogens (tertiary/aromatic N) is 2. The van der Waals surface area contributed by atoms with Crippen molar-refractivity contribution in [3.8, 4) is 0 Å². The number of primary amides is 1. The molecule has 2 aromatic rings. The first-order chi connectivity index (χ1) is 14.8. The number of carbonyl (C=O) groups is 1. The number of nitrogens with two attached hydrogens (primary N) is 1. The standard InChI is InChI=1S/C20H24N4O6S/c21-20(25)16-4-1-2-5-19(16)31(28,29)15-6-7-17(18(14-15)24(26)27)22-8-3-9-23-10-12-30-13-11-23/h1-2,4-7,14,22H,3,8-13H2,(H2,21,25). The van der Waals surface area contributed by atoms with Crippen LogP contribution >= 0.6 is 0 Å². The molecule has 31 heavy (non-hydrogen) atoms. The summed E-state index contributed by atoms with van der Waals surface area (Å²) in [7, 11) is -4.18. The predicted molar refractivity (Wildman–Crippen MR) is 114 cm³/mol. The topological polar surface area (TPSA) is 145 Å². The average Bonchev–Trinajstić information content (AvgIpc) is 2.77. The van der Waals surface area contributed by atoms with Crippen LogP contribution in [0.3, 0.4) is 0 Å². The molecule has 1 saturated heterocycles. The first kappa shape index (κ1) is 22.7. The average molecular weight is 449 g/mol. The summed E-state index contributed by atoms with van der Waals surface area (Å²) in [5, 5.41) is 14.6. The van der Waals surface area contributed by atoms with E-state index in [1.165, 1.54) is 36.4 Å². The number of hydrogen-bond donors (Lipinski definition) is 2. The molecule has 0 bridgehead atoms. The number of nitrogens with one attached hydrogen (secondary N) is 1. The third kappa shape index (κ3) is 5.37. The Bertz CT molecular complexity index is 1070. The Balaban J connectivity index is 1.78. The highest BCUT2D eigenvalue weighted by Crippen LogP contribution is 2.31. The summed E-state index contributed by atoms with van der Waals surface area (Å²) in [6.07, 6.45) is 0.767. The van der Waals surface area contributed by atoms with Crippen LogP contribution in [-0.2, 0) is 14.6 Å². The van der Waals surface area contributed by atoms with Gasteiger partial charge in [0.25, 0.3) is 5.69 Å². The molecular weight excluding hydrogens is 424 g/mol. The smallest absolute Gasteiger partial charge is 0.293 e. The van der Waals surface area contributed by atoms with Crippen molar-refractivity contribution in [2.24, 2.45) is 5.73 Å². The van der Waals surface area contributed by atoms with Crippen molar-refractivity contribution in [3.05, 3.63) is 58.1 Å². The maximum atomic E-state index is 13.0. The van der Waals surface area contributed by atoms with E-state index in [9.17, 15) is 23.3 Å². The van der Waals surface area contributed by atoms with Crippen LogP contribution in [0, 0.1) is 10.1 Å². The Hall–Kier alpha value is -3.02. The second-order valence-electron chi connectivity index (χ2n) is 7.03. The van der Waals surface area contributed by atoms with Crippen molar-refractivity contribution in [2.45, 2.75) is 16.2 Å². The molecule has 0 aliphatic carbocycles. The fraction of sp³-hybridized carbons (Fsp3) is 0.350. The van der Waals surface area contributed by atoms with Crippen LogP contribution in [0.5, 0.6) is 0 Å². The SMILES string of the molecule is NC(=O)c1ccccc1S(=O)(=O)c1ccc(NCCCN2CCOCC2)c([N+](=O)[O-])c1. The third-order valence-corrected chi connectivity index (χ3v) is 6.80. The largest absolute Gasteiger partial charge is 0.379 e. The van der Waals surface area contributed by atoms with Gasteiger partial charge < -0.3 is 15.8 Å². The number of hydrogen-bond acceptors (Lipinski definition) is 8. The van der Waals surface area contributed by atoms with Gasteiger partial charge >= 0.3 is 0 Å².